The lowest BCUT2D eigenvalue weighted by Crippen LogP contribution is -2.39. The molecule has 1 amide bonds. The van der Waals surface area contributed by atoms with E-state index in [-0.39, 0.29) is 11.6 Å². The van der Waals surface area contributed by atoms with Crippen molar-refractivity contribution < 1.29 is 27.5 Å². The fraction of sp³-hybridized carbons (Fsp3) is 0.333. The fourth-order valence-electron chi connectivity index (χ4n) is 3.30. The molecule has 0 bridgehead atoms. The predicted molar refractivity (Wildman–Crippen MR) is 96.6 cm³/mol. The maximum Gasteiger partial charge on any atom is 0.416 e. The second-order valence-corrected chi connectivity index (χ2v) is 6.78. The van der Waals surface area contributed by atoms with Gasteiger partial charge in [-0.05, 0) is 55.5 Å². The van der Waals surface area contributed by atoms with Gasteiger partial charge in [-0.15, -0.1) is 0 Å². The van der Waals surface area contributed by atoms with Crippen LogP contribution in [0.3, 0.4) is 0 Å². The van der Waals surface area contributed by atoms with Gasteiger partial charge in [-0.2, -0.15) is 13.2 Å². The Hall–Kier alpha value is -2.83. The highest BCUT2D eigenvalue weighted by atomic mass is 19.4. The van der Waals surface area contributed by atoms with Gasteiger partial charge >= 0.3 is 12.1 Å². The second kappa shape index (κ2) is 8.04. The Morgan fingerprint density at radius 1 is 1.14 bits per heavy atom. The Balaban J connectivity index is 1.64. The number of hydrogen-bond acceptors (Lipinski definition) is 3. The minimum absolute atomic E-state index is 0.174. The summed E-state index contributed by atoms with van der Waals surface area (Å²) >= 11 is 0. The van der Waals surface area contributed by atoms with Gasteiger partial charge in [-0.1, -0.05) is 30.3 Å². The summed E-state index contributed by atoms with van der Waals surface area (Å²) < 4.78 is 43.4. The van der Waals surface area contributed by atoms with Gasteiger partial charge in [0.15, 0.2) is 6.10 Å². The van der Waals surface area contributed by atoms with Crippen LogP contribution in [0.15, 0.2) is 48.5 Å². The van der Waals surface area contributed by atoms with E-state index in [9.17, 15) is 22.8 Å². The van der Waals surface area contributed by atoms with E-state index in [0.29, 0.717) is 6.07 Å². The monoisotopic (exact) mass is 391 g/mol. The molecule has 0 saturated carbocycles. The number of esters is 1. The van der Waals surface area contributed by atoms with Gasteiger partial charge < -0.3 is 10.1 Å². The number of ether oxygens (including phenoxy) is 1. The number of rotatable bonds is 4. The summed E-state index contributed by atoms with van der Waals surface area (Å²) in [6, 6.07) is 11.6. The van der Waals surface area contributed by atoms with Crippen LogP contribution >= 0.6 is 0 Å². The highest BCUT2D eigenvalue weighted by Crippen LogP contribution is 2.30. The summed E-state index contributed by atoms with van der Waals surface area (Å²) in [5.74, 6) is -1.46. The van der Waals surface area contributed by atoms with Crippen LogP contribution in [0.2, 0.25) is 0 Å². The third-order valence-electron chi connectivity index (χ3n) is 4.76. The zero-order chi connectivity index (χ0) is 20.3. The molecule has 7 heteroatoms. The van der Waals surface area contributed by atoms with Gasteiger partial charge in [0.25, 0.3) is 5.91 Å². The van der Waals surface area contributed by atoms with E-state index in [1.54, 1.807) is 0 Å². The molecule has 148 valence electrons. The lowest BCUT2D eigenvalue weighted by atomic mass is 9.87. The van der Waals surface area contributed by atoms with Crippen LogP contribution in [0.25, 0.3) is 0 Å². The Bertz CT molecular complexity index is 879. The molecule has 2 aromatic carbocycles. The largest absolute Gasteiger partial charge is 0.449 e. The quantitative estimate of drug-likeness (QED) is 0.784. The van der Waals surface area contributed by atoms with Crippen molar-refractivity contribution in [3.63, 3.8) is 0 Å². The van der Waals surface area contributed by atoms with E-state index in [2.05, 4.69) is 5.32 Å². The molecule has 0 aliphatic heterocycles. The summed E-state index contributed by atoms with van der Waals surface area (Å²) in [6.07, 6.45) is -3.04. The SMILES string of the molecule is C[C@H](OC(=O)c1cccc(C(F)(F)F)c1)C(=O)N[C@@H]1CCCc2ccccc21. The van der Waals surface area contributed by atoms with Crippen molar-refractivity contribution in [1.82, 2.24) is 5.32 Å². The highest BCUT2D eigenvalue weighted by Gasteiger charge is 2.31. The van der Waals surface area contributed by atoms with Crippen molar-refractivity contribution in [2.75, 3.05) is 0 Å². The van der Waals surface area contributed by atoms with Crippen LogP contribution in [0.4, 0.5) is 13.2 Å². The topological polar surface area (TPSA) is 55.4 Å². The third-order valence-corrected chi connectivity index (χ3v) is 4.76. The zero-order valence-corrected chi connectivity index (χ0v) is 15.3. The van der Waals surface area contributed by atoms with Gasteiger partial charge in [0.2, 0.25) is 0 Å². The summed E-state index contributed by atoms with van der Waals surface area (Å²) in [5, 5.41) is 2.87. The first-order valence-electron chi connectivity index (χ1n) is 9.02. The van der Waals surface area contributed by atoms with Crippen molar-refractivity contribution in [1.29, 1.82) is 0 Å². The van der Waals surface area contributed by atoms with Gasteiger partial charge in [0.05, 0.1) is 17.2 Å². The molecule has 3 rings (SSSR count). The normalized spacial score (nSPS) is 17.4. The van der Waals surface area contributed by atoms with Gasteiger partial charge in [0.1, 0.15) is 0 Å². The number of halogens is 3. The molecular formula is C21H20F3NO3. The number of carbonyl (C=O) groups excluding carboxylic acids is 2. The smallest absolute Gasteiger partial charge is 0.416 e. The van der Waals surface area contributed by atoms with Crippen molar-refractivity contribution >= 4 is 11.9 Å². The number of benzene rings is 2. The first-order chi connectivity index (χ1) is 13.3. The molecule has 2 aromatic rings. The average Bonchev–Trinajstić information content (AvgIpc) is 2.67. The van der Waals surface area contributed by atoms with E-state index in [0.717, 1.165) is 37.0 Å². The number of carbonyl (C=O) groups is 2. The van der Waals surface area contributed by atoms with E-state index in [1.165, 1.54) is 18.6 Å². The number of hydrogen-bond donors (Lipinski definition) is 1. The molecule has 0 radical (unpaired) electrons. The molecule has 4 nitrogen and oxygen atoms in total. The van der Waals surface area contributed by atoms with E-state index < -0.39 is 29.7 Å². The first-order valence-corrected chi connectivity index (χ1v) is 9.02. The average molecular weight is 391 g/mol. The van der Waals surface area contributed by atoms with E-state index in [1.807, 2.05) is 24.3 Å². The number of amides is 1. The molecule has 0 heterocycles. The number of fused-ring (bicyclic) bond motifs is 1. The van der Waals surface area contributed by atoms with Crippen LogP contribution in [0, 0.1) is 0 Å². The maximum absolute atomic E-state index is 12.8. The lowest BCUT2D eigenvalue weighted by Gasteiger charge is -2.27. The summed E-state index contributed by atoms with van der Waals surface area (Å²) in [6.45, 7) is 1.40. The molecule has 0 fully saturated rings. The zero-order valence-electron chi connectivity index (χ0n) is 15.3. The maximum atomic E-state index is 12.8. The number of aryl methyl sites for hydroxylation is 1. The van der Waals surface area contributed by atoms with Crippen molar-refractivity contribution in [2.24, 2.45) is 0 Å². The Morgan fingerprint density at radius 2 is 1.89 bits per heavy atom. The standard InChI is InChI=1S/C21H20F3NO3/c1-13(28-20(27)15-8-4-9-16(12-15)21(22,23)24)19(26)25-18-11-5-7-14-6-2-3-10-17(14)18/h2-4,6,8-10,12-13,18H,5,7,11H2,1H3,(H,25,26)/t13-,18+/m0/s1. The highest BCUT2D eigenvalue weighted by molar-refractivity contribution is 5.92. The number of nitrogens with one attached hydrogen (secondary N) is 1. The third kappa shape index (κ3) is 4.52. The van der Waals surface area contributed by atoms with Crippen molar-refractivity contribution in [3.05, 3.63) is 70.8 Å². The van der Waals surface area contributed by atoms with Crippen molar-refractivity contribution in [2.45, 2.75) is 44.5 Å². The van der Waals surface area contributed by atoms with Crippen molar-refractivity contribution in [3.8, 4) is 0 Å². The van der Waals surface area contributed by atoms with E-state index in [4.69, 9.17) is 4.74 Å². The molecule has 1 aliphatic carbocycles. The number of alkyl halides is 3. The Morgan fingerprint density at radius 3 is 2.64 bits per heavy atom. The summed E-state index contributed by atoms with van der Waals surface area (Å²) in [5.41, 5.74) is 1.02. The minimum atomic E-state index is -4.56. The molecule has 0 saturated heterocycles. The van der Waals surface area contributed by atoms with E-state index >= 15 is 0 Å². The summed E-state index contributed by atoms with van der Waals surface area (Å²) in [7, 11) is 0. The van der Waals surface area contributed by atoms with Gasteiger partial charge in [0, 0.05) is 0 Å². The summed E-state index contributed by atoms with van der Waals surface area (Å²) in [4.78, 5) is 24.6. The lowest BCUT2D eigenvalue weighted by molar-refractivity contribution is -0.137. The molecule has 0 aromatic heterocycles. The predicted octanol–water partition coefficient (Wildman–Crippen LogP) is 4.44. The molecule has 2 atom stereocenters. The molecule has 0 unspecified atom stereocenters. The molecule has 0 spiro atoms. The van der Waals surface area contributed by atoms with Gasteiger partial charge in [-0.3, -0.25) is 4.79 Å². The van der Waals surface area contributed by atoms with Crippen LogP contribution in [0.1, 0.15) is 52.9 Å². The minimum Gasteiger partial charge on any atom is -0.449 e. The first kappa shape index (κ1) is 19.9. The Labute approximate surface area is 160 Å². The molecular weight excluding hydrogens is 371 g/mol. The Kier molecular flexibility index (Phi) is 5.72. The fourth-order valence-corrected chi connectivity index (χ4v) is 3.30. The van der Waals surface area contributed by atoms with Crippen LogP contribution in [-0.2, 0) is 22.1 Å². The second-order valence-electron chi connectivity index (χ2n) is 6.78. The van der Waals surface area contributed by atoms with Crippen LogP contribution in [0.5, 0.6) is 0 Å². The van der Waals surface area contributed by atoms with Crippen LogP contribution in [-0.4, -0.2) is 18.0 Å². The molecule has 28 heavy (non-hydrogen) atoms. The van der Waals surface area contributed by atoms with Crippen LogP contribution < -0.4 is 5.32 Å². The molecule has 1 aliphatic rings. The van der Waals surface area contributed by atoms with Gasteiger partial charge in [-0.25, -0.2) is 4.79 Å². The molecule has 1 N–H and O–H groups in total.